The minimum Gasteiger partial charge on any atom is -0.493 e. The van der Waals surface area contributed by atoms with Crippen molar-refractivity contribution in [2.24, 2.45) is 4.99 Å². The van der Waals surface area contributed by atoms with E-state index in [1.807, 2.05) is 18.2 Å². The third kappa shape index (κ3) is 6.17. The van der Waals surface area contributed by atoms with Gasteiger partial charge in [0.1, 0.15) is 0 Å². The van der Waals surface area contributed by atoms with Gasteiger partial charge in [0, 0.05) is 30.6 Å². The Morgan fingerprint density at radius 3 is 2.17 bits per heavy atom. The van der Waals surface area contributed by atoms with Crippen molar-refractivity contribution in [1.82, 2.24) is 5.32 Å². The van der Waals surface area contributed by atoms with E-state index in [1.54, 1.807) is 7.11 Å². The Morgan fingerprint density at radius 1 is 0.957 bits per heavy atom. The lowest BCUT2D eigenvalue weighted by atomic mass is 9.76. The summed E-state index contributed by atoms with van der Waals surface area (Å²) in [6.45, 7) is 4.78. The number of nitrogens with zero attached hydrogens (tertiary/aromatic N) is 2. The maximum atomic E-state index is 13.2. The molecular weight excluding hydrogens is 705 g/mol. The van der Waals surface area contributed by atoms with Crippen LogP contribution in [0.4, 0.5) is 11.4 Å². The Balaban J connectivity index is 1.26. The minimum atomic E-state index is -0.154. The summed E-state index contributed by atoms with van der Waals surface area (Å²) >= 11 is 3.63. The first-order valence-corrected chi connectivity index (χ1v) is 17.7. The normalized spacial score (nSPS) is 20.5. The van der Waals surface area contributed by atoms with Crippen LogP contribution < -0.4 is 19.7 Å². The van der Waals surface area contributed by atoms with E-state index in [1.165, 1.54) is 39.7 Å². The first kappa shape index (κ1) is 30.9. The number of amidine groups is 1. The number of nitrogens with one attached hydrogen (secondary N) is 1. The number of amides is 1. The van der Waals surface area contributed by atoms with Crippen molar-refractivity contribution in [2.75, 3.05) is 31.7 Å². The highest BCUT2D eigenvalue weighted by Gasteiger charge is 2.35. The maximum absolute atomic E-state index is 13.2. The van der Waals surface area contributed by atoms with Gasteiger partial charge in [-0.1, -0.05) is 67.6 Å². The van der Waals surface area contributed by atoms with Crippen molar-refractivity contribution >= 4 is 62.9 Å². The SMILES string of the molecule is CCCOc1c(I)cc(/C=C2\SC(=Nc3cc4c5c(c3)[C@H](c3ccccc3)CCN5CC[C@@H]4c3ccccc3)NC2=O)cc1OC. The molecule has 1 amide bonds. The van der Waals surface area contributed by atoms with Crippen LogP contribution in [0.25, 0.3) is 6.08 Å². The smallest absolute Gasteiger partial charge is 0.264 e. The molecule has 1 fully saturated rings. The molecule has 3 aliphatic rings. The molecule has 3 heterocycles. The van der Waals surface area contributed by atoms with Crippen molar-refractivity contribution in [2.45, 2.75) is 38.0 Å². The van der Waals surface area contributed by atoms with Gasteiger partial charge in [0.15, 0.2) is 16.7 Å². The molecule has 0 unspecified atom stereocenters. The summed E-state index contributed by atoms with van der Waals surface area (Å²) in [5.41, 5.74) is 8.43. The Kier molecular flexibility index (Phi) is 9.08. The van der Waals surface area contributed by atoms with Gasteiger partial charge in [0.05, 0.1) is 27.9 Å². The summed E-state index contributed by atoms with van der Waals surface area (Å²) in [5, 5.41) is 3.61. The first-order valence-electron chi connectivity index (χ1n) is 15.8. The van der Waals surface area contributed by atoms with Crippen LogP contribution in [0.15, 0.2) is 94.8 Å². The van der Waals surface area contributed by atoms with Gasteiger partial charge >= 0.3 is 0 Å². The van der Waals surface area contributed by atoms with Crippen molar-refractivity contribution in [3.8, 4) is 11.5 Å². The summed E-state index contributed by atoms with van der Waals surface area (Å²) < 4.78 is 12.5. The molecule has 8 heteroatoms. The van der Waals surface area contributed by atoms with Crippen LogP contribution in [0.2, 0.25) is 0 Å². The number of carbonyl (C=O) groups excluding carboxylic acids is 1. The summed E-state index contributed by atoms with van der Waals surface area (Å²) in [5.74, 6) is 1.82. The summed E-state index contributed by atoms with van der Waals surface area (Å²) in [4.78, 5) is 21.4. The molecular formula is C38H36IN3O3S. The molecule has 1 saturated heterocycles. The standard InChI is InChI=1S/C38H36IN3O3S/c1-3-18-45-36-32(39)19-24(20-33(36)44-2)21-34-37(43)41-38(46-34)40-27-22-30-28(25-10-6-4-7-11-25)14-16-42-17-15-29(31(23-27)35(30)42)26-12-8-5-9-13-26/h4-13,19-23,28-29H,3,14-18H2,1-2H3,(H,40,41,43)/b34-21-/t28-,29+. The first-order chi connectivity index (χ1) is 22.5. The molecule has 4 aromatic carbocycles. The molecule has 234 valence electrons. The Morgan fingerprint density at radius 2 is 1.59 bits per heavy atom. The van der Waals surface area contributed by atoms with Gasteiger partial charge in [0.2, 0.25) is 0 Å². The molecule has 6 nitrogen and oxygen atoms in total. The van der Waals surface area contributed by atoms with Crippen molar-refractivity contribution in [3.63, 3.8) is 0 Å². The highest BCUT2D eigenvalue weighted by atomic mass is 127. The van der Waals surface area contributed by atoms with Crippen molar-refractivity contribution in [3.05, 3.63) is 121 Å². The fourth-order valence-corrected chi connectivity index (χ4v) is 8.44. The summed E-state index contributed by atoms with van der Waals surface area (Å²) in [6.07, 6.45) is 4.93. The molecule has 7 rings (SSSR count). The van der Waals surface area contributed by atoms with E-state index in [0.29, 0.717) is 34.3 Å². The van der Waals surface area contributed by atoms with E-state index >= 15 is 0 Å². The van der Waals surface area contributed by atoms with Gasteiger partial charge in [-0.15, -0.1) is 0 Å². The number of ether oxygens (including phenoxy) is 2. The highest BCUT2D eigenvalue weighted by Crippen LogP contribution is 2.50. The molecule has 2 atom stereocenters. The maximum Gasteiger partial charge on any atom is 0.264 e. The number of halogens is 1. The van der Waals surface area contributed by atoms with Gasteiger partial charge in [-0.25, -0.2) is 4.99 Å². The molecule has 0 radical (unpaired) electrons. The molecule has 0 saturated carbocycles. The van der Waals surface area contributed by atoms with Crippen LogP contribution in [0.3, 0.4) is 0 Å². The number of anilines is 1. The van der Waals surface area contributed by atoms with Crippen LogP contribution in [0.1, 0.15) is 65.8 Å². The second-order valence-corrected chi connectivity index (χ2v) is 14.0. The molecule has 0 spiro atoms. The minimum absolute atomic E-state index is 0.154. The van der Waals surface area contributed by atoms with Crippen LogP contribution in [0, 0.1) is 3.57 Å². The lowest BCUT2D eigenvalue weighted by Gasteiger charge is -2.43. The number of carbonyl (C=O) groups is 1. The van der Waals surface area contributed by atoms with Crippen LogP contribution >= 0.6 is 34.4 Å². The van der Waals surface area contributed by atoms with Gasteiger partial charge in [0.25, 0.3) is 5.91 Å². The molecule has 3 aliphatic heterocycles. The number of benzene rings is 4. The molecule has 46 heavy (non-hydrogen) atoms. The third-order valence-electron chi connectivity index (χ3n) is 8.88. The zero-order valence-corrected chi connectivity index (χ0v) is 28.9. The van der Waals surface area contributed by atoms with Gasteiger partial charge in [-0.05, 0) is 112 Å². The van der Waals surface area contributed by atoms with E-state index < -0.39 is 0 Å². The van der Waals surface area contributed by atoms with E-state index in [9.17, 15) is 4.79 Å². The quantitative estimate of drug-likeness (QED) is 0.145. The van der Waals surface area contributed by atoms with E-state index in [2.05, 4.69) is 113 Å². The number of hydrogen-bond acceptors (Lipinski definition) is 6. The van der Waals surface area contributed by atoms with E-state index in [0.717, 1.165) is 52.9 Å². The second kappa shape index (κ2) is 13.5. The Bertz CT molecular complexity index is 1750. The molecule has 0 bridgehead atoms. The Labute approximate surface area is 288 Å². The summed E-state index contributed by atoms with van der Waals surface area (Å²) in [6, 6.07) is 30.1. The topological polar surface area (TPSA) is 63.2 Å². The van der Waals surface area contributed by atoms with E-state index in [4.69, 9.17) is 14.5 Å². The van der Waals surface area contributed by atoms with Crippen LogP contribution in [0.5, 0.6) is 11.5 Å². The van der Waals surface area contributed by atoms with Crippen molar-refractivity contribution in [1.29, 1.82) is 0 Å². The fraction of sp³-hybridized carbons (Fsp3) is 0.263. The molecule has 0 aromatic heterocycles. The largest absolute Gasteiger partial charge is 0.493 e. The van der Waals surface area contributed by atoms with Gasteiger partial charge in [-0.3, -0.25) is 4.79 Å². The van der Waals surface area contributed by atoms with E-state index in [-0.39, 0.29) is 5.91 Å². The van der Waals surface area contributed by atoms with Gasteiger partial charge < -0.3 is 19.7 Å². The fourth-order valence-electron chi connectivity index (χ4n) is 6.82. The average molecular weight is 742 g/mol. The molecule has 1 N–H and O–H groups in total. The predicted octanol–water partition coefficient (Wildman–Crippen LogP) is 8.86. The third-order valence-corrected chi connectivity index (χ3v) is 10.6. The Hall–Kier alpha value is -3.76. The van der Waals surface area contributed by atoms with Crippen LogP contribution in [-0.2, 0) is 4.79 Å². The number of thioether (sulfide) groups is 1. The van der Waals surface area contributed by atoms with Crippen LogP contribution in [-0.4, -0.2) is 37.9 Å². The lowest BCUT2D eigenvalue weighted by Crippen LogP contribution is -2.37. The van der Waals surface area contributed by atoms with Crippen molar-refractivity contribution < 1.29 is 14.3 Å². The predicted molar refractivity (Wildman–Crippen MR) is 197 cm³/mol. The second-order valence-electron chi connectivity index (χ2n) is 11.8. The average Bonchev–Trinajstić information content (AvgIpc) is 3.42. The highest BCUT2D eigenvalue weighted by molar-refractivity contribution is 14.1. The number of methoxy groups -OCH3 is 1. The zero-order valence-electron chi connectivity index (χ0n) is 26.0. The number of hydrogen-bond donors (Lipinski definition) is 1. The molecule has 0 aliphatic carbocycles. The number of rotatable bonds is 8. The number of aliphatic imine (C=N–C) groups is 1. The monoisotopic (exact) mass is 741 g/mol. The lowest BCUT2D eigenvalue weighted by molar-refractivity contribution is -0.115. The summed E-state index contributed by atoms with van der Waals surface area (Å²) in [7, 11) is 1.64. The van der Waals surface area contributed by atoms with Gasteiger partial charge in [-0.2, -0.15) is 0 Å². The molecule has 4 aromatic rings. The zero-order chi connectivity index (χ0) is 31.6.